The maximum atomic E-state index is 14.3. The van der Waals surface area contributed by atoms with E-state index in [2.05, 4.69) is 42.2 Å². The molecule has 4 heteroatoms. The standard InChI is InChI=1S/C18H16FN3/c1-11(2)17-8-12-7-15-13(10-20-21-15)9-18(12)22(17)16-6-4-3-5-14(16)19/h3-11H,1-2H3,(H,20,21). The van der Waals surface area contributed by atoms with Gasteiger partial charge >= 0.3 is 0 Å². The molecular weight excluding hydrogens is 277 g/mol. The molecule has 0 aliphatic carbocycles. The zero-order valence-electron chi connectivity index (χ0n) is 12.5. The Labute approximate surface area is 127 Å². The van der Waals surface area contributed by atoms with Crippen molar-refractivity contribution < 1.29 is 4.39 Å². The number of benzene rings is 2. The molecule has 22 heavy (non-hydrogen) atoms. The molecule has 0 fully saturated rings. The van der Waals surface area contributed by atoms with E-state index in [1.54, 1.807) is 12.3 Å². The predicted octanol–water partition coefficient (Wildman–Crippen LogP) is 4.77. The number of H-pyrrole nitrogens is 1. The summed E-state index contributed by atoms with van der Waals surface area (Å²) >= 11 is 0. The van der Waals surface area contributed by atoms with E-state index < -0.39 is 0 Å². The smallest absolute Gasteiger partial charge is 0.147 e. The molecular formula is C18H16FN3. The highest BCUT2D eigenvalue weighted by molar-refractivity contribution is 5.96. The lowest BCUT2D eigenvalue weighted by Gasteiger charge is -2.14. The molecule has 0 amide bonds. The highest BCUT2D eigenvalue weighted by atomic mass is 19.1. The number of hydrogen-bond donors (Lipinski definition) is 1. The predicted molar refractivity (Wildman–Crippen MR) is 87.0 cm³/mol. The van der Waals surface area contributed by atoms with Crippen LogP contribution < -0.4 is 0 Å². The lowest BCUT2D eigenvalue weighted by Crippen LogP contribution is -2.03. The normalized spacial score (nSPS) is 11.8. The van der Waals surface area contributed by atoms with Crippen LogP contribution in [0.3, 0.4) is 0 Å². The molecule has 0 radical (unpaired) electrons. The van der Waals surface area contributed by atoms with Crippen molar-refractivity contribution in [3.05, 3.63) is 60.2 Å². The average molecular weight is 293 g/mol. The zero-order chi connectivity index (χ0) is 15.3. The minimum atomic E-state index is -0.214. The Balaban J connectivity index is 2.13. The van der Waals surface area contributed by atoms with Gasteiger partial charge in [-0.3, -0.25) is 5.10 Å². The third-order valence-corrected chi connectivity index (χ3v) is 4.07. The number of rotatable bonds is 2. The monoisotopic (exact) mass is 293 g/mol. The van der Waals surface area contributed by atoms with Gasteiger partial charge in [-0.05, 0) is 36.2 Å². The molecule has 4 aromatic rings. The number of hydrogen-bond acceptors (Lipinski definition) is 1. The van der Waals surface area contributed by atoms with Crippen LogP contribution in [-0.4, -0.2) is 14.8 Å². The van der Waals surface area contributed by atoms with Crippen molar-refractivity contribution in [3.63, 3.8) is 0 Å². The number of para-hydroxylation sites is 1. The quantitative estimate of drug-likeness (QED) is 0.567. The molecule has 0 aliphatic rings. The highest BCUT2D eigenvalue weighted by Gasteiger charge is 2.16. The second-order valence-corrected chi connectivity index (χ2v) is 5.88. The van der Waals surface area contributed by atoms with E-state index in [0.29, 0.717) is 11.6 Å². The zero-order valence-corrected chi connectivity index (χ0v) is 12.5. The van der Waals surface area contributed by atoms with Gasteiger partial charge in [0.05, 0.1) is 22.9 Å². The number of nitrogens with one attached hydrogen (secondary N) is 1. The van der Waals surface area contributed by atoms with Crippen molar-refractivity contribution in [2.24, 2.45) is 0 Å². The summed E-state index contributed by atoms with van der Waals surface area (Å²) < 4.78 is 16.4. The van der Waals surface area contributed by atoms with E-state index in [-0.39, 0.29) is 5.82 Å². The first-order valence-electron chi connectivity index (χ1n) is 7.38. The molecule has 2 heterocycles. The molecule has 0 bridgehead atoms. The SMILES string of the molecule is CC(C)c1cc2cc3[nH]ncc3cc2n1-c1ccccc1F. The Bertz CT molecular complexity index is 979. The molecule has 0 unspecified atom stereocenters. The number of halogens is 1. The van der Waals surface area contributed by atoms with Crippen LogP contribution in [-0.2, 0) is 0 Å². The van der Waals surface area contributed by atoms with E-state index in [9.17, 15) is 4.39 Å². The van der Waals surface area contributed by atoms with E-state index in [1.807, 2.05) is 16.7 Å². The minimum Gasteiger partial charge on any atom is -0.311 e. The fourth-order valence-corrected chi connectivity index (χ4v) is 3.00. The minimum absolute atomic E-state index is 0.214. The first-order chi connectivity index (χ1) is 10.6. The van der Waals surface area contributed by atoms with Crippen LogP contribution in [0.4, 0.5) is 4.39 Å². The fourth-order valence-electron chi connectivity index (χ4n) is 3.00. The molecule has 1 N–H and O–H groups in total. The van der Waals surface area contributed by atoms with Crippen molar-refractivity contribution in [3.8, 4) is 5.69 Å². The van der Waals surface area contributed by atoms with Crippen molar-refractivity contribution in [2.45, 2.75) is 19.8 Å². The van der Waals surface area contributed by atoms with E-state index in [4.69, 9.17) is 0 Å². The molecule has 4 rings (SSSR count). The maximum Gasteiger partial charge on any atom is 0.147 e. The molecule has 2 aromatic heterocycles. The van der Waals surface area contributed by atoms with E-state index in [0.717, 1.165) is 27.5 Å². The summed E-state index contributed by atoms with van der Waals surface area (Å²) in [5.41, 5.74) is 3.68. The molecule has 2 aromatic carbocycles. The first kappa shape index (κ1) is 13.1. The first-order valence-corrected chi connectivity index (χ1v) is 7.38. The lowest BCUT2D eigenvalue weighted by molar-refractivity contribution is 0.615. The van der Waals surface area contributed by atoms with Crippen LogP contribution in [0.25, 0.3) is 27.5 Å². The highest BCUT2D eigenvalue weighted by Crippen LogP contribution is 2.32. The Morgan fingerprint density at radius 1 is 1.09 bits per heavy atom. The molecule has 0 atom stereocenters. The van der Waals surface area contributed by atoms with Gasteiger partial charge in [-0.25, -0.2) is 4.39 Å². The Morgan fingerprint density at radius 3 is 2.68 bits per heavy atom. The summed E-state index contributed by atoms with van der Waals surface area (Å²) in [6.45, 7) is 4.25. The van der Waals surface area contributed by atoms with Crippen LogP contribution in [0.15, 0.2) is 48.7 Å². The van der Waals surface area contributed by atoms with E-state index >= 15 is 0 Å². The van der Waals surface area contributed by atoms with Crippen molar-refractivity contribution in [1.82, 2.24) is 14.8 Å². The summed E-state index contributed by atoms with van der Waals surface area (Å²) in [5, 5.41) is 9.17. The van der Waals surface area contributed by atoms with Crippen LogP contribution in [0.5, 0.6) is 0 Å². The third-order valence-electron chi connectivity index (χ3n) is 4.07. The molecule has 110 valence electrons. The van der Waals surface area contributed by atoms with Gasteiger partial charge in [0.1, 0.15) is 5.82 Å². The van der Waals surface area contributed by atoms with Gasteiger partial charge < -0.3 is 4.57 Å². The average Bonchev–Trinajstić information content (AvgIpc) is 3.09. The number of aromatic nitrogens is 3. The Morgan fingerprint density at radius 2 is 1.91 bits per heavy atom. The van der Waals surface area contributed by atoms with Gasteiger partial charge in [0.25, 0.3) is 0 Å². The summed E-state index contributed by atoms with van der Waals surface area (Å²) in [4.78, 5) is 0. The van der Waals surface area contributed by atoms with Crippen molar-refractivity contribution in [1.29, 1.82) is 0 Å². The van der Waals surface area contributed by atoms with Crippen molar-refractivity contribution in [2.75, 3.05) is 0 Å². The Hall–Kier alpha value is -2.62. The number of aromatic amines is 1. The van der Waals surface area contributed by atoms with Gasteiger partial charge in [-0.2, -0.15) is 5.10 Å². The van der Waals surface area contributed by atoms with Crippen LogP contribution in [0.1, 0.15) is 25.5 Å². The third kappa shape index (κ3) is 1.84. The Kier molecular flexibility index (Phi) is 2.79. The summed E-state index contributed by atoms with van der Waals surface area (Å²) in [6, 6.07) is 13.2. The molecule has 0 aliphatic heterocycles. The second-order valence-electron chi connectivity index (χ2n) is 5.88. The second kappa shape index (κ2) is 4.70. The van der Waals surface area contributed by atoms with Gasteiger partial charge in [0, 0.05) is 16.5 Å². The molecule has 0 spiro atoms. The van der Waals surface area contributed by atoms with Gasteiger partial charge in [-0.1, -0.05) is 26.0 Å². The van der Waals surface area contributed by atoms with Gasteiger partial charge in [0.15, 0.2) is 0 Å². The van der Waals surface area contributed by atoms with Crippen molar-refractivity contribution >= 4 is 21.8 Å². The number of nitrogens with zero attached hydrogens (tertiary/aromatic N) is 2. The largest absolute Gasteiger partial charge is 0.311 e. The molecule has 0 saturated carbocycles. The van der Waals surface area contributed by atoms with Gasteiger partial charge in [-0.15, -0.1) is 0 Å². The van der Waals surface area contributed by atoms with E-state index in [1.165, 1.54) is 6.07 Å². The van der Waals surface area contributed by atoms with Crippen LogP contribution in [0.2, 0.25) is 0 Å². The van der Waals surface area contributed by atoms with Crippen LogP contribution in [0, 0.1) is 5.82 Å². The fraction of sp³-hybridized carbons (Fsp3) is 0.167. The molecule has 3 nitrogen and oxygen atoms in total. The maximum absolute atomic E-state index is 14.3. The van der Waals surface area contributed by atoms with Crippen LogP contribution >= 0.6 is 0 Å². The van der Waals surface area contributed by atoms with Gasteiger partial charge in [0.2, 0.25) is 0 Å². The summed E-state index contributed by atoms with van der Waals surface area (Å²) in [7, 11) is 0. The lowest BCUT2D eigenvalue weighted by atomic mass is 10.1. The summed E-state index contributed by atoms with van der Waals surface area (Å²) in [6.07, 6.45) is 1.79. The molecule has 0 saturated heterocycles. The summed E-state index contributed by atoms with van der Waals surface area (Å²) in [5.74, 6) is 0.0812. The number of fused-ring (bicyclic) bond motifs is 2. The topological polar surface area (TPSA) is 33.6 Å².